The van der Waals surface area contributed by atoms with Crippen LogP contribution in [0.2, 0.25) is 0 Å². The van der Waals surface area contributed by atoms with Crippen molar-refractivity contribution in [3.05, 3.63) is 34.4 Å². The van der Waals surface area contributed by atoms with Crippen LogP contribution in [0.3, 0.4) is 0 Å². The van der Waals surface area contributed by atoms with Gasteiger partial charge in [-0.2, -0.15) is 39.3 Å². The van der Waals surface area contributed by atoms with Crippen molar-refractivity contribution in [2.24, 2.45) is 0 Å². The summed E-state index contributed by atoms with van der Waals surface area (Å²) in [5.74, 6) is 0. The minimum Gasteiger partial charge on any atom is -0.759 e. The van der Waals surface area contributed by atoms with Gasteiger partial charge in [-0.25, -0.2) is 0 Å². The average molecular weight is 329 g/mol. The van der Waals surface area contributed by atoms with Gasteiger partial charge in [0.05, 0.1) is 0 Å². The summed E-state index contributed by atoms with van der Waals surface area (Å²) >= 11 is 0. The Kier molecular flexibility index (Phi) is 51.9. The van der Waals surface area contributed by atoms with E-state index in [0.29, 0.717) is 0 Å². The Hall–Kier alpha value is 0.124. The molecular formula is C6H18N6NiO4S-6. The second-order valence-electron chi connectivity index (χ2n) is 1.91. The average Bonchev–Trinajstić information content (AvgIpc) is 2.27. The first-order valence-electron chi connectivity index (χ1n) is 4.29. The van der Waals surface area contributed by atoms with Crippen LogP contribution in [0.1, 0.15) is 0 Å². The van der Waals surface area contributed by atoms with Crippen molar-refractivity contribution in [3.63, 3.8) is 0 Å². The zero-order valence-corrected chi connectivity index (χ0v) is 11.4. The maximum Gasteiger partial charge on any atom is 2.00 e. The van der Waals surface area contributed by atoms with Crippen molar-refractivity contribution in [2.75, 3.05) is 39.3 Å². The molecule has 0 rings (SSSR count). The standard InChI is InChI=1S/3C2H6N2.Ni.H2O4S/c3*3-1-2-4;;1-5(2,3)4/h3*3-4H,1-2H2;;(H2,1,2,3,4)/q3*-2;+2;/p-2. The van der Waals surface area contributed by atoms with Crippen molar-refractivity contribution in [3.8, 4) is 0 Å². The molecule has 10 nitrogen and oxygen atoms in total. The van der Waals surface area contributed by atoms with Crippen LogP contribution in [0.4, 0.5) is 0 Å². The van der Waals surface area contributed by atoms with Crippen molar-refractivity contribution in [1.82, 2.24) is 0 Å². The van der Waals surface area contributed by atoms with Gasteiger partial charge in [0.25, 0.3) is 0 Å². The van der Waals surface area contributed by atoms with E-state index in [9.17, 15) is 0 Å². The smallest absolute Gasteiger partial charge is 0.759 e. The van der Waals surface area contributed by atoms with Crippen LogP contribution in [0.25, 0.3) is 34.4 Å². The summed E-state index contributed by atoms with van der Waals surface area (Å²) in [7, 11) is -5.17. The van der Waals surface area contributed by atoms with Crippen molar-refractivity contribution in [1.29, 1.82) is 0 Å². The van der Waals surface area contributed by atoms with E-state index in [0.717, 1.165) is 0 Å². The Morgan fingerprint density at radius 3 is 0.667 bits per heavy atom. The molecule has 0 spiro atoms. The third-order valence-corrected chi connectivity index (χ3v) is 0.375. The molecule has 0 saturated heterocycles. The molecule has 0 aromatic heterocycles. The minimum atomic E-state index is -5.17. The van der Waals surface area contributed by atoms with Gasteiger partial charge in [-0.05, 0) is 0 Å². The van der Waals surface area contributed by atoms with E-state index >= 15 is 0 Å². The fourth-order valence-electron chi connectivity index (χ4n) is 0. The molecule has 0 fully saturated rings. The first-order chi connectivity index (χ1) is 7.74. The topological polar surface area (TPSA) is 223 Å². The summed E-state index contributed by atoms with van der Waals surface area (Å²) in [6, 6.07) is 0. The minimum absolute atomic E-state index is 0. The van der Waals surface area contributed by atoms with Crippen molar-refractivity contribution in [2.45, 2.75) is 0 Å². The molecule has 0 unspecified atom stereocenters. The first kappa shape index (κ1) is 30.9. The van der Waals surface area contributed by atoms with Crippen LogP contribution in [-0.4, -0.2) is 56.8 Å². The van der Waals surface area contributed by atoms with Gasteiger partial charge in [-0.15, -0.1) is 0 Å². The Morgan fingerprint density at radius 1 is 0.611 bits per heavy atom. The number of hydrogen-bond donors (Lipinski definition) is 0. The molecule has 18 heavy (non-hydrogen) atoms. The molecule has 0 aliphatic carbocycles. The predicted octanol–water partition coefficient (Wildman–Crippen LogP) is 1.93. The normalized spacial score (nSPS) is 8.22. The largest absolute Gasteiger partial charge is 2.00 e. The molecular weight excluding hydrogens is 311 g/mol. The van der Waals surface area contributed by atoms with Gasteiger partial charge < -0.3 is 43.5 Å². The maximum absolute atomic E-state index is 8.52. The molecule has 0 amide bonds. The number of rotatable bonds is 3. The van der Waals surface area contributed by atoms with E-state index in [2.05, 4.69) is 0 Å². The SMILES string of the molecule is O=S(=O)([O-])[O-].[NH-]CC[NH-].[NH-]CC[NH-].[NH-]CC[NH-].[Ni+2]. The second-order valence-corrected chi connectivity index (χ2v) is 2.72. The third kappa shape index (κ3) is 378. The molecule has 0 saturated carbocycles. The van der Waals surface area contributed by atoms with Crippen LogP contribution >= 0.6 is 0 Å². The van der Waals surface area contributed by atoms with Crippen LogP contribution < -0.4 is 0 Å². The second kappa shape index (κ2) is 30.3. The number of nitrogens with one attached hydrogen (secondary N) is 6. The Labute approximate surface area is 118 Å². The summed E-state index contributed by atoms with van der Waals surface area (Å²) in [6.45, 7) is 1.42. The van der Waals surface area contributed by atoms with Crippen molar-refractivity contribution >= 4 is 10.4 Å². The molecule has 0 aliphatic rings. The molecule has 118 valence electrons. The quantitative estimate of drug-likeness (QED) is 0.429. The Bertz CT molecular complexity index is 171. The fourth-order valence-corrected chi connectivity index (χ4v) is 0. The van der Waals surface area contributed by atoms with E-state index in [1.54, 1.807) is 0 Å². The van der Waals surface area contributed by atoms with Crippen LogP contribution in [0.5, 0.6) is 0 Å². The van der Waals surface area contributed by atoms with Gasteiger partial charge in [0.1, 0.15) is 0 Å². The summed E-state index contributed by atoms with van der Waals surface area (Å²) in [6.07, 6.45) is 0. The molecule has 0 aromatic rings. The summed E-state index contributed by atoms with van der Waals surface area (Å²) < 4.78 is 34.1. The van der Waals surface area contributed by atoms with Crippen molar-refractivity contribution < 1.29 is 34.0 Å². The van der Waals surface area contributed by atoms with Gasteiger partial charge in [0, 0.05) is 10.4 Å². The summed E-state index contributed by atoms with van der Waals surface area (Å²) in [5, 5.41) is 0. The van der Waals surface area contributed by atoms with E-state index in [-0.39, 0.29) is 55.8 Å². The van der Waals surface area contributed by atoms with E-state index in [1.165, 1.54) is 0 Å². The van der Waals surface area contributed by atoms with Crippen LogP contribution in [0.15, 0.2) is 0 Å². The zero-order valence-electron chi connectivity index (χ0n) is 9.60. The fraction of sp³-hybridized carbons (Fsp3) is 1.00. The van der Waals surface area contributed by atoms with E-state index < -0.39 is 10.4 Å². The molecule has 0 aromatic carbocycles. The third-order valence-electron chi connectivity index (χ3n) is 0.375. The summed E-state index contributed by atoms with van der Waals surface area (Å²) in [5.41, 5.74) is 37.6. The molecule has 6 N–H and O–H groups in total. The zero-order chi connectivity index (χ0) is 14.7. The molecule has 12 heteroatoms. The summed E-state index contributed by atoms with van der Waals surface area (Å²) in [4.78, 5) is 0. The molecule has 0 atom stereocenters. The van der Waals surface area contributed by atoms with E-state index in [4.69, 9.17) is 51.9 Å². The van der Waals surface area contributed by atoms with Gasteiger partial charge in [-0.1, -0.05) is 0 Å². The van der Waals surface area contributed by atoms with Crippen LogP contribution in [-0.2, 0) is 26.9 Å². The van der Waals surface area contributed by atoms with Gasteiger partial charge >= 0.3 is 16.5 Å². The monoisotopic (exact) mass is 328 g/mol. The molecule has 0 bridgehead atoms. The Morgan fingerprint density at radius 2 is 0.667 bits per heavy atom. The number of hydrogen-bond acceptors (Lipinski definition) is 4. The molecule has 0 heterocycles. The Balaban J connectivity index is -0.0000000412. The van der Waals surface area contributed by atoms with Gasteiger partial charge in [0.15, 0.2) is 0 Å². The molecule has 0 radical (unpaired) electrons. The maximum atomic E-state index is 8.52. The van der Waals surface area contributed by atoms with E-state index in [1.807, 2.05) is 0 Å². The first-order valence-corrected chi connectivity index (χ1v) is 5.62. The van der Waals surface area contributed by atoms with Gasteiger partial charge in [0.2, 0.25) is 0 Å². The van der Waals surface area contributed by atoms with Gasteiger partial charge in [-0.3, -0.25) is 8.42 Å². The van der Waals surface area contributed by atoms with Crippen LogP contribution in [0, 0.1) is 0 Å². The molecule has 0 aliphatic heterocycles. The predicted molar refractivity (Wildman–Crippen MR) is 65.6 cm³/mol.